The lowest BCUT2D eigenvalue weighted by Crippen LogP contribution is -1.97. The molecule has 0 saturated heterocycles. The second-order valence-electron chi connectivity index (χ2n) is 12.7. The van der Waals surface area contributed by atoms with Crippen molar-refractivity contribution in [1.82, 2.24) is 9.13 Å². The molecule has 0 unspecified atom stereocenters. The Morgan fingerprint density at radius 1 is 0.327 bits per heavy atom. The highest BCUT2D eigenvalue weighted by molar-refractivity contribution is 6.11. The predicted molar refractivity (Wildman–Crippen MR) is 203 cm³/mol. The van der Waals surface area contributed by atoms with Gasteiger partial charge < -0.3 is 9.13 Å². The minimum atomic E-state index is -0.263. The van der Waals surface area contributed by atoms with E-state index < -0.39 is 0 Å². The third kappa shape index (κ3) is 4.33. The van der Waals surface area contributed by atoms with Crippen molar-refractivity contribution in [2.75, 3.05) is 0 Å². The maximum atomic E-state index is 15.6. The van der Waals surface area contributed by atoms with Crippen LogP contribution in [0.25, 0.3) is 88.0 Å². The van der Waals surface area contributed by atoms with Crippen LogP contribution in [0.2, 0.25) is 0 Å². The Morgan fingerprint density at radius 3 is 1.57 bits per heavy atom. The van der Waals surface area contributed by atoms with Crippen molar-refractivity contribution in [3.63, 3.8) is 0 Å². The summed E-state index contributed by atoms with van der Waals surface area (Å²) in [6.45, 7) is 0. The van der Waals surface area contributed by atoms with Gasteiger partial charge in [-0.25, -0.2) is 4.39 Å². The summed E-state index contributed by atoms with van der Waals surface area (Å²) in [7, 11) is 0. The quantitative estimate of drug-likeness (QED) is 0.184. The molecule has 0 aliphatic carbocycles. The first-order valence-electron chi connectivity index (χ1n) is 16.6. The van der Waals surface area contributed by atoms with Crippen LogP contribution in [0.5, 0.6) is 0 Å². The highest BCUT2D eigenvalue weighted by Gasteiger charge is 2.17. The highest BCUT2D eigenvalue weighted by atomic mass is 19.1. The summed E-state index contributed by atoms with van der Waals surface area (Å²) >= 11 is 0. The number of para-hydroxylation sites is 3. The molecule has 2 aromatic heterocycles. The summed E-state index contributed by atoms with van der Waals surface area (Å²) in [5.74, 6) is -0.263. The lowest BCUT2D eigenvalue weighted by molar-refractivity contribution is 0.627. The molecule has 230 valence electrons. The van der Waals surface area contributed by atoms with Gasteiger partial charge in [0.1, 0.15) is 5.82 Å². The molecule has 2 nitrogen and oxygen atoms in total. The maximum Gasteiger partial charge on any atom is 0.125 e. The molecule has 49 heavy (non-hydrogen) atoms. The summed E-state index contributed by atoms with van der Waals surface area (Å²) < 4.78 is 20.2. The van der Waals surface area contributed by atoms with E-state index in [-0.39, 0.29) is 5.82 Å². The fraction of sp³-hybridized carbons (Fsp3) is 0. The summed E-state index contributed by atoms with van der Waals surface area (Å²) in [4.78, 5) is 0. The van der Waals surface area contributed by atoms with E-state index in [0.717, 1.165) is 66.2 Å². The molecule has 0 amide bonds. The van der Waals surface area contributed by atoms with Gasteiger partial charge in [-0.2, -0.15) is 0 Å². The van der Waals surface area contributed by atoms with Crippen LogP contribution in [-0.2, 0) is 0 Å². The van der Waals surface area contributed by atoms with Gasteiger partial charge in [-0.15, -0.1) is 0 Å². The number of fused-ring (bicyclic) bond motifs is 7. The molecule has 0 aliphatic heterocycles. The molecule has 0 aliphatic rings. The van der Waals surface area contributed by atoms with Crippen LogP contribution in [0.1, 0.15) is 0 Å². The Labute approximate surface area is 282 Å². The van der Waals surface area contributed by atoms with Gasteiger partial charge in [0.2, 0.25) is 0 Å². The van der Waals surface area contributed by atoms with E-state index in [1.54, 1.807) is 12.1 Å². The second-order valence-corrected chi connectivity index (χ2v) is 12.7. The third-order valence-electron chi connectivity index (χ3n) is 9.93. The number of hydrogen-bond acceptors (Lipinski definition) is 0. The SMILES string of the molecule is Fc1cc(-c2cccc3ccccc23)cc(-n2c3ccccc3c3ccc(-c4cccc(-n5c6ccccc6c6ccccc65)c4)cc32)c1. The van der Waals surface area contributed by atoms with Crippen LogP contribution in [0.4, 0.5) is 4.39 Å². The molecule has 0 radical (unpaired) electrons. The third-order valence-corrected chi connectivity index (χ3v) is 9.93. The van der Waals surface area contributed by atoms with Crippen LogP contribution >= 0.6 is 0 Å². The van der Waals surface area contributed by atoms with Gasteiger partial charge in [0, 0.05) is 32.9 Å². The van der Waals surface area contributed by atoms with E-state index in [2.05, 4.69) is 155 Å². The van der Waals surface area contributed by atoms with Gasteiger partial charge in [0.25, 0.3) is 0 Å². The molecule has 0 spiro atoms. The Morgan fingerprint density at radius 2 is 0.857 bits per heavy atom. The summed E-state index contributed by atoms with van der Waals surface area (Å²) in [6, 6.07) is 60.9. The molecule has 10 rings (SSSR count). The van der Waals surface area contributed by atoms with Crippen molar-refractivity contribution in [3.05, 3.63) is 182 Å². The standard InChI is InChI=1S/C46H29FN2/c47-34-25-33(38-19-10-12-30-11-1-2-15-37(30)38)27-36(29-34)49-45-22-8-5-18-41(45)42-24-23-32(28-46(42)49)31-13-9-14-35(26-31)48-43-20-6-3-16-39(43)40-17-4-7-21-44(40)48/h1-29H. The number of nitrogens with zero attached hydrogens (tertiary/aromatic N) is 2. The smallest absolute Gasteiger partial charge is 0.125 e. The van der Waals surface area contributed by atoms with Crippen LogP contribution in [0, 0.1) is 5.82 Å². The maximum absolute atomic E-state index is 15.6. The van der Waals surface area contributed by atoms with Crippen LogP contribution in [0.15, 0.2) is 176 Å². The van der Waals surface area contributed by atoms with Gasteiger partial charge in [-0.05, 0) is 87.6 Å². The predicted octanol–water partition coefficient (Wildman–Crippen LogP) is 12.5. The number of rotatable bonds is 4. The first-order valence-corrected chi connectivity index (χ1v) is 16.6. The lowest BCUT2D eigenvalue weighted by Gasteiger charge is -2.13. The van der Waals surface area contributed by atoms with Crippen molar-refractivity contribution in [2.45, 2.75) is 0 Å². The lowest BCUT2D eigenvalue weighted by atomic mass is 9.98. The normalized spacial score (nSPS) is 11.8. The molecule has 3 heteroatoms. The molecule has 0 bridgehead atoms. The molecule has 10 aromatic rings. The van der Waals surface area contributed by atoms with Crippen molar-refractivity contribution in [3.8, 4) is 33.6 Å². The highest BCUT2D eigenvalue weighted by Crippen LogP contribution is 2.38. The fourth-order valence-corrected chi connectivity index (χ4v) is 7.79. The minimum absolute atomic E-state index is 0.263. The van der Waals surface area contributed by atoms with Crippen molar-refractivity contribution in [2.24, 2.45) is 0 Å². The van der Waals surface area contributed by atoms with Crippen molar-refractivity contribution in [1.29, 1.82) is 0 Å². The molecular formula is C46H29FN2. The zero-order chi connectivity index (χ0) is 32.5. The van der Waals surface area contributed by atoms with Gasteiger partial charge in [0.15, 0.2) is 0 Å². The van der Waals surface area contributed by atoms with Gasteiger partial charge in [-0.3, -0.25) is 0 Å². The summed E-state index contributed by atoms with van der Waals surface area (Å²) in [6.07, 6.45) is 0. The molecular weight excluding hydrogens is 600 g/mol. The number of halogens is 1. The Bertz CT molecular complexity index is 2850. The monoisotopic (exact) mass is 628 g/mol. The summed E-state index contributed by atoms with van der Waals surface area (Å²) in [5.41, 5.74) is 10.5. The Balaban J connectivity index is 1.17. The number of benzene rings is 8. The zero-order valence-electron chi connectivity index (χ0n) is 26.5. The Kier molecular flexibility index (Phi) is 6.09. The number of aromatic nitrogens is 2. The van der Waals surface area contributed by atoms with Crippen molar-refractivity contribution >= 4 is 54.4 Å². The first kappa shape index (κ1) is 27.6. The second kappa shape index (κ2) is 10.8. The molecule has 2 heterocycles. The van der Waals surface area contributed by atoms with E-state index in [4.69, 9.17) is 0 Å². The van der Waals surface area contributed by atoms with Crippen molar-refractivity contribution < 1.29 is 4.39 Å². The molecule has 0 N–H and O–H groups in total. The zero-order valence-corrected chi connectivity index (χ0v) is 26.5. The van der Waals surface area contributed by atoms with Crippen LogP contribution < -0.4 is 0 Å². The molecule has 0 atom stereocenters. The van der Waals surface area contributed by atoms with Crippen LogP contribution in [0.3, 0.4) is 0 Å². The molecule has 0 saturated carbocycles. The van der Waals surface area contributed by atoms with E-state index in [0.29, 0.717) is 0 Å². The van der Waals surface area contributed by atoms with Gasteiger partial charge >= 0.3 is 0 Å². The molecule has 0 fully saturated rings. The fourth-order valence-electron chi connectivity index (χ4n) is 7.79. The molecule has 8 aromatic carbocycles. The van der Waals surface area contributed by atoms with E-state index >= 15 is 4.39 Å². The van der Waals surface area contributed by atoms with E-state index in [9.17, 15) is 0 Å². The largest absolute Gasteiger partial charge is 0.309 e. The number of hydrogen-bond donors (Lipinski definition) is 0. The topological polar surface area (TPSA) is 9.86 Å². The average molecular weight is 629 g/mol. The Hall–Kier alpha value is -6.45. The van der Waals surface area contributed by atoms with Gasteiger partial charge in [0.05, 0.1) is 22.1 Å². The summed E-state index contributed by atoms with van der Waals surface area (Å²) in [5, 5.41) is 7.00. The van der Waals surface area contributed by atoms with Crippen LogP contribution in [-0.4, -0.2) is 9.13 Å². The van der Waals surface area contributed by atoms with Gasteiger partial charge in [-0.1, -0.05) is 121 Å². The average Bonchev–Trinajstić information content (AvgIpc) is 3.67. The van der Waals surface area contributed by atoms with E-state index in [1.165, 1.54) is 21.8 Å². The first-order chi connectivity index (χ1) is 24.2. The van der Waals surface area contributed by atoms with E-state index in [1.807, 2.05) is 18.2 Å². The minimum Gasteiger partial charge on any atom is -0.309 e.